The van der Waals surface area contributed by atoms with Crippen LogP contribution in [0.25, 0.3) is 0 Å². The van der Waals surface area contributed by atoms with Gasteiger partial charge in [0.15, 0.2) is 0 Å². The summed E-state index contributed by atoms with van der Waals surface area (Å²) < 4.78 is 0. The minimum absolute atomic E-state index is 0.0584. The summed E-state index contributed by atoms with van der Waals surface area (Å²) in [7, 11) is 0. The second kappa shape index (κ2) is 6.51. The number of halogens is 1. The maximum Gasteiger partial charge on any atom is 0.216 e. The van der Waals surface area contributed by atoms with E-state index >= 15 is 0 Å². The van der Waals surface area contributed by atoms with E-state index in [1.165, 1.54) is 6.92 Å². The van der Waals surface area contributed by atoms with Gasteiger partial charge in [-0.15, -0.1) is 0 Å². The van der Waals surface area contributed by atoms with Crippen molar-refractivity contribution in [1.82, 2.24) is 5.32 Å². The van der Waals surface area contributed by atoms with Crippen LogP contribution >= 0.6 is 11.6 Å². The molecule has 0 spiro atoms. The highest BCUT2D eigenvalue weighted by atomic mass is 35.5. The van der Waals surface area contributed by atoms with Gasteiger partial charge in [-0.05, 0) is 24.1 Å². The SMILES string of the molecule is CC(=O)NCC(CCO)c1ccc(Cl)cc1. The minimum atomic E-state index is -0.0584. The van der Waals surface area contributed by atoms with Crippen LogP contribution in [0.2, 0.25) is 5.02 Å². The molecule has 0 saturated heterocycles. The number of carbonyl (C=O) groups is 1. The molecular weight excluding hydrogens is 226 g/mol. The summed E-state index contributed by atoms with van der Waals surface area (Å²) in [6.45, 7) is 2.13. The topological polar surface area (TPSA) is 49.3 Å². The van der Waals surface area contributed by atoms with Crippen LogP contribution in [0.15, 0.2) is 24.3 Å². The fourth-order valence-electron chi connectivity index (χ4n) is 1.54. The third-order valence-corrected chi connectivity index (χ3v) is 2.67. The first kappa shape index (κ1) is 13.0. The van der Waals surface area contributed by atoms with Crippen LogP contribution in [0.4, 0.5) is 0 Å². The highest BCUT2D eigenvalue weighted by Gasteiger charge is 2.11. The van der Waals surface area contributed by atoms with E-state index in [0.29, 0.717) is 18.0 Å². The molecule has 0 heterocycles. The standard InChI is InChI=1S/C12H16ClNO2/c1-9(16)14-8-11(6-7-15)10-2-4-12(13)5-3-10/h2-5,11,15H,6-8H2,1H3,(H,14,16). The number of carbonyl (C=O) groups excluding carboxylic acids is 1. The van der Waals surface area contributed by atoms with Gasteiger partial charge in [-0.25, -0.2) is 0 Å². The van der Waals surface area contributed by atoms with Gasteiger partial charge in [0.25, 0.3) is 0 Å². The van der Waals surface area contributed by atoms with Gasteiger partial charge < -0.3 is 10.4 Å². The molecule has 0 aliphatic heterocycles. The first-order valence-corrected chi connectivity index (χ1v) is 5.62. The molecule has 88 valence electrons. The molecule has 0 aliphatic rings. The second-order valence-electron chi connectivity index (χ2n) is 3.70. The van der Waals surface area contributed by atoms with Gasteiger partial charge in [0, 0.05) is 31.0 Å². The average Bonchev–Trinajstić information content (AvgIpc) is 2.25. The molecular formula is C12H16ClNO2. The Hall–Kier alpha value is -1.06. The molecule has 2 N–H and O–H groups in total. The Morgan fingerprint density at radius 1 is 1.44 bits per heavy atom. The van der Waals surface area contributed by atoms with Gasteiger partial charge in [-0.1, -0.05) is 23.7 Å². The number of benzene rings is 1. The van der Waals surface area contributed by atoms with E-state index in [2.05, 4.69) is 5.32 Å². The van der Waals surface area contributed by atoms with Crippen molar-refractivity contribution in [2.24, 2.45) is 0 Å². The zero-order valence-corrected chi connectivity index (χ0v) is 10.00. The lowest BCUT2D eigenvalue weighted by Gasteiger charge is -2.16. The van der Waals surface area contributed by atoms with Crippen molar-refractivity contribution in [2.45, 2.75) is 19.3 Å². The van der Waals surface area contributed by atoms with E-state index in [1.54, 1.807) is 0 Å². The van der Waals surface area contributed by atoms with Crippen LogP contribution in [0.3, 0.4) is 0 Å². The maximum atomic E-state index is 10.8. The third kappa shape index (κ3) is 4.21. The maximum absolute atomic E-state index is 10.8. The Kier molecular flexibility index (Phi) is 5.29. The summed E-state index contributed by atoms with van der Waals surface area (Å²) in [5.74, 6) is 0.0723. The van der Waals surface area contributed by atoms with Crippen LogP contribution in [-0.4, -0.2) is 24.2 Å². The number of aliphatic hydroxyl groups excluding tert-OH is 1. The average molecular weight is 242 g/mol. The lowest BCUT2D eigenvalue weighted by atomic mass is 9.96. The van der Waals surface area contributed by atoms with Crippen molar-refractivity contribution in [3.8, 4) is 0 Å². The minimum Gasteiger partial charge on any atom is -0.396 e. The summed E-state index contributed by atoms with van der Waals surface area (Å²) in [6.07, 6.45) is 0.627. The number of aliphatic hydroxyl groups is 1. The zero-order chi connectivity index (χ0) is 12.0. The van der Waals surface area contributed by atoms with Crippen molar-refractivity contribution in [2.75, 3.05) is 13.2 Å². The highest BCUT2D eigenvalue weighted by molar-refractivity contribution is 6.30. The van der Waals surface area contributed by atoms with E-state index in [1.807, 2.05) is 24.3 Å². The van der Waals surface area contributed by atoms with Gasteiger partial charge >= 0.3 is 0 Å². The molecule has 0 bridgehead atoms. The Morgan fingerprint density at radius 3 is 2.56 bits per heavy atom. The summed E-state index contributed by atoms with van der Waals surface area (Å²) in [5.41, 5.74) is 1.08. The van der Waals surface area contributed by atoms with Crippen molar-refractivity contribution in [3.63, 3.8) is 0 Å². The third-order valence-electron chi connectivity index (χ3n) is 2.42. The van der Waals surface area contributed by atoms with Crippen LogP contribution in [-0.2, 0) is 4.79 Å². The molecule has 16 heavy (non-hydrogen) atoms. The highest BCUT2D eigenvalue weighted by Crippen LogP contribution is 2.20. The van der Waals surface area contributed by atoms with E-state index < -0.39 is 0 Å². The van der Waals surface area contributed by atoms with Crippen LogP contribution in [0.1, 0.15) is 24.8 Å². The van der Waals surface area contributed by atoms with Gasteiger partial charge in [0.2, 0.25) is 5.91 Å². The Balaban J connectivity index is 2.68. The van der Waals surface area contributed by atoms with Gasteiger partial charge in [0.1, 0.15) is 0 Å². The molecule has 1 unspecified atom stereocenters. The summed E-state index contributed by atoms with van der Waals surface area (Å²) in [4.78, 5) is 10.8. The first-order valence-electron chi connectivity index (χ1n) is 5.24. The lowest BCUT2D eigenvalue weighted by Crippen LogP contribution is -2.26. The largest absolute Gasteiger partial charge is 0.396 e. The van der Waals surface area contributed by atoms with Gasteiger partial charge in [-0.3, -0.25) is 4.79 Å². The molecule has 1 amide bonds. The summed E-state index contributed by atoms with van der Waals surface area (Å²) in [5, 5.41) is 12.4. The molecule has 1 aromatic rings. The lowest BCUT2D eigenvalue weighted by molar-refractivity contribution is -0.119. The molecule has 0 fully saturated rings. The fourth-order valence-corrected chi connectivity index (χ4v) is 1.67. The summed E-state index contributed by atoms with van der Waals surface area (Å²) >= 11 is 5.80. The van der Waals surface area contributed by atoms with Crippen molar-refractivity contribution in [1.29, 1.82) is 0 Å². The Morgan fingerprint density at radius 2 is 2.06 bits per heavy atom. The molecule has 1 atom stereocenters. The smallest absolute Gasteiger partial charge is 0.216 e. The number of hydrogen-bond donors (Lipinski definition) is 2. The molecule has 1 rings (SSSR count). The Labute approximate surface area is 100 Å². The normalized spacial score (nSPS) is 12.2. The number of hydrogen-bond acceptors (Lipinski definition) is 2. The predicted molar refractivity (Wildman–Crippen MR) is 64.6 cm³/mol. The van der Waals surface area contributed by atoms with Crippen LogP contribution in [0, 0.1) is 0 Å². The number of amides is 1. The molecule has 0 aliphatic carbocycles. The number of nitrogens with one attached hydrogen (secondary N) is 1. The van der Waals surface area contributed by atoms with Crippen LogP contribution in [0.5, 0.6) is 0 Å². The van der Waals surface area contributed by atoms with Gasteiger partial charge in [0.05, 0.1) is 0 Å². The molecule has 1 aromatic carbocycles. The van der Waals surface area contributed by atoms with Crippen molar-refractivity contribution < 1.29 is 9.90 Å². The van der Waals surface area contributed by atoms with E-state index in [0.717, 1.165) is 5.56 Å². The van der Waals surface area contributed by atoms with E-state index in [-0.39, 0.29) is 18.4 Å². The Bertz CT molecular complexity index is 337. The quantitative estimate of drug-likeness (QED) is 0.828. The molecule has 0 aromatic heterocycles. The van der Waals surface area contributed by atoms with Crippen LogP contribution < -0.4 is 5.32 Å². The summed E-state index contributed by atoms with van der Waals surface area (Å²) in [6, 6.07) is 7.47. The van der Waals surface area contributed by atoms with Crippen molar-refractivity contribution in [3.05, 3.63) is 34.9 Å². The molecule has 4 heteroatoms. The molecule has 3 nitrogen and oxygen atoms in total. The van der Waals surface area contributed by atoms with E-state index in [9.17, 15) is 4.79 Å². The predicted octanol–water partition coefficient (Wildman–Crippen LogP) is 1.94. The van der Waals surface area contributed by atoms with E-state index in [4.69, 9.17) is 16.7 Å². The fraction of sp³-hybridized carbons (Fsp3) is 0.417. The second-order valence-corrected chi connectivity index (χ2v) is 4.13. The monoisotopic (exact) mass is 241 g/mol. The zero-order valence-electron chi connectivity index (χ0n) is 9.24. The molecule has 0 saturated carbocycles. The van der Waals surface area contributed by atoms with Crippen molar-refractivity contribution >= 4 is 17.5 Å². The molecule has 0 radical (unpaired) electrons. The first-order chi connectivity index (χ1) is 7.63. The van der Waals surface area contributed by atoms with Gasteiger partial charge in [-0.2, -0.15) is 0 Å². The number of rotatable bonds is 5.